The van der Waals surface area contributed by atoms with Crippen LogP contribution in [0.4, 0.5) is 11.8 Å². The number of imidazole rings is 1. The van der Waals surface area contributed by atoms with Crippen LogP contribution in [0.5, 0.6) is 0 Å². The highest BCUT2D eigenvalue weighted by molar-refractivity contribution is 5.83. The summed E-state index contributed by atoms with van der Waals surface area (Å²) in [4.78, 5) is 23.5. The average Bonchev–Trinajstić information content (AvgIpc) is 3.34. The molecule has 1 fully saturated rings. The van der Waals surface area contributed by atoms with Crippen molar-refractivity contribution in [1.82, 2.24) is 19.5 Å². The molecule has 0 saturated carbocycles. The number of aliphatic carboxylic acids is 1. The first kappa shape index (κ1) is 22.9. The summed E-state index contributed by atoms with van der Waals surface area (Å²) in [6.45, 7) is 0.0766. The number of nitrogens with one attached hydrogen (secondary N) is 1. The van der Waals surface area contributed by atoms with Crippen molar-refractivity contribution in [2.75, 3.05) is 24.2 Å². The van der Waals surface area contributed by atoms with Crippen LogP contribution in [0, 0.1) is 0 Å². The van der Waals surface area contributed by atoms with Crippen molar-refractivity contribution in [3.8, 4) is 0 Å². The van der Waals surface area contributed by atoms with Gasteiger partial charge in [-0.3, -0.25) is 9.36 Å². The number of rotatable bonds is 9. The first-order chi connectivity index (χ1) is 15.9. The van der Waals surface area contributed by atoms with E-state index in [2.05, 4.69) is 20.3 Å². The number of hydrogen-bond acceptors (Lipinski definition) is 10. The van der Waals surface area contributed by atoms with Gasteiger partial charge in [-0.2, -0.15) is 9.97 Å². The Morgan fingerprint density at radius 1 is 1.12 bits per heavy atom. The summed E-state index contributed by atoms with van der Waals surface area (Å²) in [5, 5.41) is 41.6. The van der Waals surface area contributed by atoms with E-state index >= 15 is 0 Å². The molecular weight excluding hydrogens is 432 g/mol. The van der Waals surface area contributed by atoms with E-state index in [0.29, 0.717) is 30.6 Å². The molecule has 3 heterocycles. The quantitative estimate of drug-likeness (QED) is 0.247. The number of aliphatic hydroxyl groups is 3. The van der Waals surface area contributed by atoms with E-state index < -0.39 is 37.1 Å². The van der Waals surface area contributed by atoms with Gasteiger partial charge in [-0.25, -0.2) is 4.98 Å². The zero-order chi connectivity index (χ0) is 23.5. The van der Waals surface area contributed by atoms with E-state index in [0.717, 1.165) is 11.1 Å². The third-order valence-electron chi connectivity index (χ3n) is 5.59. The Bertz CT molecular complexity index is 1120. The summed E-state index contributed by atoms with van der Waals surface area (Å²) >= 11 is 0. The van der Waals surface area contributed by atoms with Crippen LogP contribution >= 0.6 is 0 Å². The van der Waals surface area contributed by atoms with Crippen LogP contribution in [-0.4, -0.2) is 77.4 Å². The summed E-state index contributed by atoms with van der Waals surface area (Å²) < 4.78 is 7.02. The SMILES string of the molecule is Nc1nc(NCCc2ccc(CCC(=O)O)cc2)nc2c1ncn2[C@@H]1O[C@H](CO)[C@@H](O)[C@H]1O. The molecule has 1 aliphatic rings. The molecule has 1 aromatic carbocycles. The topological polar surface area (TPSA) is 189 Å². The van der Waals surface area contributed by atoms with Gasteiger partial charge in [-0.1, -0.05) is 24.3 Å². The molecule has 176 valence electrons. The lowest BCUT2D eigenvalue weighted by atomic mass is 10.1. The smallest absolute Gasteiger partial charge is 0.303 e. The van der Waals surface area contributed by atoms with Crippen LogP contribution in [0.15, 0.2) is 30.6 Å². The average molecular weight is 458 g/mol. The number of nitrogens with zero attached hydrogens (tertiary/aromatic N) is 4. The third kappa shape index (κ3) is 4.88. The summed E-state index contributed by atoms with van der Waals surface area (Å²) in [6, 6.07) is 7.73. The van der Waals surface area contributed by atoms with Gasteiger partial charge in [0.05, 0.1) is 12.9 Å². The molecule has 7 N–H and O–H groups in total. The summed E-state index contributed by atoms with van der Waals surface area (Å²) in [5.41, 5.74) is 8.71. The Morgan fingerprint density at radius 2 is 1.82 bits per heavy atom. The molecule has 0 bridgehead atoms. The molecule has 0 spiro atoms. The molecule has 0 aliphatic carbocycles. The fourth-order valence-corrected chi connectivity index (χ4v) is 3.76. The molecule has 0 radical (unpaired) electrons. The number of anilines is 2. The van der Waals surface area contributed by atoms with Crippen LogP contribution in [0.25, 0.3) is 11.2 Å². The Labute approximate surface area is 188 Å². The number of benzene rings is 1. The zero-order valence-corrected chi connectivity index (χ0v) is 17.7. The van der Waals surface area contributed by atoms with E-state index in [4.69, 9.17) is 15.6 Å². The largest absolute Gasteiger partial charge is 0.481 e. The molecule has 1 saturated heterocycles. The molecule has 12 nitrogen and oxygen atoms in total. The molecule has 2 aromatic heterocycles. The number of aliphatic hydroxyl groups excluding tert-OH is 3. The van der Waals surface area contributed by atoms with Gasteiger partial charge in [-0.05, 0) is 24.0 Å². The minimum Gasteiger partial charge on any atom is -0.481 e. The van der Waals surface area contributed by atoms with Crippen molar-refractivity contribution in [3.63, 3.8) is 0 Å². The second-order valence-corrected chi connectivity index (χ2v) is 7.87. The Balaban J connectivity index is 1.44. The monoisotopic (exact) mass is 458 g/mol. The molecule has 33 heavy (non-hydrogen) atoms. The van der Waals surface area contributed by atoms with Gasteiger partial charge in [0.2, 0.25) is 5.95 Å². The maximum Gasteiger partial charge on any atom is 0.303 e. The Morgan fingerprint density at radius 3 is 2.45 bits per heavy atom. The molecular formula is C21H26N6O6. The van der Waals surface area contributed by atoms with Gasteiger partial charge in [0.25, 0.3) is 0 Å². The summed E-state index contributed by atoms with van der Waals surface area (Å²) in [5.74, 6) is -0.401. The van der Waals surface area contributed by atoms with Crippen LogP contribution in [0.2, 0.25) is 0 Å². The second-order valence-electron chi connectivity index (χ2n) is 7.87. The number of ether oxygens (including phenoxy) is 1. The van der Waals surface area contributed by atoms with E-state index in [9.17, 15) is 20.1 Å². The number of carboxylic acid groups (broad SMARTS) is 1. The summed E-state index contributed by atoms with van der Waals surface area (Å²) in [6.07, 6.45) is -1.76. The van der Waals surface area contributed by atoms with Crippen molar-refractivity contribution >= 4 is 28.9 Å². The van der Waals surface area contributed by atoms with E-state index in [1.54, 1.807) is 0 Å². The van der Waals surface area contributed by atoms with Crippen molar-refractivity contribution in [1.29, 1.82) is 0 Å². The minimum absolute atomic E-state index is 0.0985. The lowest BCUT2D eigenvalue weighted by Crippen LogP contribution is -2.33. The third-order valence-corrected chi connectivity index (χ3v) is 5.59. The molecule has 12 heteroatoms. The van der Waals surface area contributed by atoms with E-state index in [-0.39, 0.29) is 18.2 Å². The van der Waals surface area contributed by atoms with Gasteiger partial charge in [-0.15, -0.1) is 0 Å². The highest BCUT2D eigenvalue weighted by atomic mass is 16.6. The van der Waals surface area contributed by atoms with Crippen LogP contribution in [0.1, 0.15) is 23.8 Å². The number of aromatic nitrogens is 4. The van der Waals surface area contributed by atoms with E-state index in [1.807, 2.05) is 24.3 Å². The van der Waals surface area contributed by atoms with Crippen LogP contribution in [-0.2, 0) is 22.4 Å². The second kappa shape index (κ2) is 9.67. The van der Waals surface area contributed by atoms with Crippen LogP contribution in [0.3, 0.4) is 0 Å². The maximum absolute atomic E-state index is 10.7. The normalized spacial score (nSPS) is 22.6. The predicted molar refractivity (Wildman–Crippen MR) is 117 cm³/mol. The van der Waals surface area contributed by atoms with Gasteiger partial charge < -0.3 is 36.2 Å². The molecule has 4 rings (SSSR count). The Kier molecular flexibility index (Phi) is 6.70. The van der Waals surface area contributed by atoms with Gasteiger partial charge in [0.15, 0.2) is 17.7 Å². The van der Waals surface area contributed by atoms with Crippen LogP contribution < -0.4 is 11.1 Å². The molecule has 0 unspecified atom stereocenters. The summed E-state index contributed by atoms with van der Waals surface area (Å²) in [7, 11) is 0. The fourth-order valence-electron chi connectivity index (χ4n) is 3.76. The highest BCUT2D eigenvalue weighted by Crippen LogP contribution is 2.32. The molecule has 3 aromatic rings. The lowest BCUT2D eigenvalue weighted by molar-refractivity contribution is -0.136. The highest BCUT2D eigenvalue weighted by Gasteiger charge is 2.44. The number of carboxylic acids is 1. The zero-order valence-electron chi connectivity index (χ0n) is 17.7. The first-order valence-corrected chi connectivity index (χ1v) is 10.5. The number of aryl methyl sites for hydroxylation is 1. The van der Waals surface area contributed by atoms with E-state index in [1.165, 1.54) is 10.9 Å². The molecule has 0 amide bonds. The standard InChI is InChI=1S/C21H26N6O6/c22-18-15-19(27(10-24-15)20-17(32)16(31)13(9-28)33-20)26-21(25-18)23-8-7-12-3-1-11(2-4-12)5-6-14(29)30/h1-4,10,13,16-17,20,28,31-32H,5-9H2,(H,29,30)(H3,22,23,25,26)/t13-,16-,17-,20-/m1/s1. The number of carbonyl (C=O) groups is 1. The molecule has 4 atom stereocenters. The predicted octanol–water partition coefficient (Wildman–Crippen LogP) is -0.308. The fraction of sp³-hybridized carbons (Fsp3) is 0.429. The van der Waals surface area contributed by atoms with Gasteiger partial charge in [0.1, 0.15) is 23.8 Å². The maximum atomic E-state index is 10.7. The number of fused-ring (bicyclic) bond motifs is 1. The Hall–Kier alpha value is -3.32. The van der Waals surface area contributed by atoms with Gasteiger partial charge in [0, 0.05) is 13.0 Å². The number of hydrogen-bond donors (Lipinski definition) is 6. The number of nitrogen functional groups attached to an aromatic ring is 1. The minimum atomic E-state index is -1.27. The van der Waals surface area contributed by atoms with Crippen molar-refractivity contribution in [3.05, 3.63) is 41.7 Å². The van der Waals surface area contributed by atoms with Crippen molar-refractivity contribution in [2.45, 2.75) is 43.8 Å². The first-order valence-electron chi connectivity index (χ1n) is 10.5. The lowest BCUT2D eigenvalue weighted by Gasteiger charge is -2.16. The molecule has 1 aliphatic heterocycles. The number of nitrogens with two attached hydrogens (primary N) is 1. The van der Waals surface area contributed by atoms with Crippen molar-refractivity contribution in [2.24, 2.45) is 0 Å². The van der Waals surface area contributed by atoms with Gasteiger partial charge >= 0.3 is 5.97 Å². The van der Waals surface area contributed by atoms with Crippen molar-refractivity contribution < 1.29 is 30.0 Å².